The number of nitrogens with two attached hydrogens (primary N) is 1. The van der Waals surface area contributed by atoms with Crippen molar-refractivity contribution in [2.24, 2.45) is 5.73 Å². The number of carbonyl (C=O) groups excluding carboxylic acids is 1. The van der Waals surface area contributed by atoms with Crippen molar-refractivity contribution in [3.8, 4) is 5.75 Å². The Bertz CT molecular complexity index is 949. The summed E-state index contributed by atoms with van der Waals surface area (Å²) < 4.78 is 34.9. The van der Waals surface area contributed by atoms with Crippen molar-refractivity contribution in [1.82, 2.24) is 4.90 Å². The van der Waals surface area contributed by atoms with Crippen molar-refractivity contribution < 1.29 is 28.2 Å². The summed E-state index contributed by atoms with van der Waals surface area (Å²) in [6, 6.07) is 6.49. The van der Waals surface area contributed by atoms with Crippen molar-refractivity contribution in [2.75, 3.05) is 18.4 Å². The lowest BCUT2D eigenvalue weighted by Gasteiger charge is -2.30. The van der Waals surface area contributed by atoms with E-state index in [-0.39, 0.29) is 35.8 Å². The van der Waals surface area contributed by atoms with E-state index in [0.29, 0.717) is 16.4 Å². The second-order valence-corrected chi connectivity index (χ2v) is 7.77. The summed E-state index contributed by atoms with van der Waals surface area (Å²) in [5, 5.41) is 11.7. The van der Waals surface area contributed by atoms with Gasteiger partial charge in [0.2, 0.25) is 0 Å². The Kier molecular flexibility index (Phi) is 6.40. The first-order valence-corrected chi connectivity index (χ1v) is 9.82. The van der Waals surface area contributed by atoms with Crippen molar-refractivity contribution in [1.29, 1.82) is 0 Å². The lowest BCUT2D eigenvalue weighted by atomic mass is 10.1. The maximum absolute atomic E-state index is 14.2. The van der Waals surface area contributed by atoms with Crippen LogP contribution in [0.2, 0.25) is 0 Å². The highest BCUT2D eigenvalue weighted by Crippen LogP contribution is 2.33. The number of hydrogen-bond donors (Lipinski definition) is 3. The maximum Gasteiger partial charge on any atom is 0.407 e. The molecule has 2 amide bonds. The lowest BCUT2D eigenvalue weighted by Crippen LogP contribution is -2.41. The summed E-state index contributed by atoms with van der Waals surface area (Å²) in [4.78, 5) is 24.3. The zero-order valence-corrected chi connectivity index (χ0v) is 17.3. The molecule has 0 radical (unpaired) electrons. The molecule has 1 heterocycles. The van der Waals surface area contributed by atoms with Crippen LogP contribution in [0.5, 0.6) is 5.75 Å². The number of primary amides is 1. The smallest absolute Gasteiger partial charge is 0.407 e. The SMILES string of the molecule is NC(=O)c1c(Nc2ccc(I)cc2F)cc(F)cc1OC1CCN(C(=O)O)CC1. The Hall–Kier alpha value is -2.63. The third-order valence-corrected chi connectivity index (χ3v) is 5.19. The summed E-state index contributed by atoms with van der Waals surface area (Å²) in [6.45, 7) is 0.528. The van der Waals surface area contributed by atoms with E-state index in [2.05, 4.69) is 5.32 Å². The minimum absolute atomic E-state index is 0.0180. The van der Waals surface area contributed by atoms with Crippen LogP contribution < -0.4 is 15.8 Å². The van der Waals surface area contributed by atoms with E-state index < -0.39 is 29.7 Å². The Morgan fingerprint density at radius 1 is 1.17 bits per heavy atom. The lowest BCUT2D eigenvalue weighted by molar-refractivity contribution is 0.0875. The van der Waals surface area contributed by atoms with E-state index in [4.69, 9.17) is 15.6 Å². The van der Waals surface area contributed by atoms with Gasteiger partial charge in [0.25, 0.3) is 5.91 Å². The molecule has 0 saturated carbocycles. The fourth-order valence-corrected chi connectivity index (χ4v) is 3.56. The summed E-state index contributed by atoms with van der Waals surface area (Å²) in [6.07, 6.45) is -0.656. The largest absolute Gasteiger partial charge is 0.489 e. The van der Waals surface area contributed by atoms with E-state index in [1.165, 1.54) is 17.0 Å². The number of anilines is 2. The number of ether oxygens (including phenoxy) is 1. The molecule has 29 heavy (non-hydrogen) atoms. The average molecular weight is 517 g/mol. The topological polar surface area (TPSA) is 105 Å². The minimum Gasteiger partial charge on any atom is -0.489 e. The van der Waals surface area contributed by atoms with Crippen LogP contribution in [-0.2, 0) is 0 Å². The number of carboxylic acid groups (broad SMARTS) is 1. The molecule has 154 valence electrons. The van der Waals surface area contributed by atoms with E-state index in [1.54, 1.807) is 6.07 Å². The molecule has 7 nitrogen and oxygen atoms in total. The van der Waals surface area contributed by atoms with Gasteiger partial charge in [-0.15, -0.1) is 0 Å². The molecule has 0 aromatic heterocycles. The highest BCUT2D eigenvalue weighted by molar-refractivity contribution is 14.1. The molecule has 10 heteroatoms. The van der Waals surface area contributed by atoms with E-state index >= 15 is 0 Å². The molecule has 2 aromatic carbocycles. The molecular formula is C19H18F2IN3O4. The average Bonchev–Trinajstić information content (AvgIpc) is 2.64. The number of carbonyl (C=O) groups is 2. The summed E-state index contributed by atoms with van der Waals surface area (Å²) in [7, 11) is 0. The third kappa shape index (κ3) is 5.05. The summed E-state index contributed by atoms with van der Waals surface area (Å²) in [5.74, 6) is -2.20. The van der Waals surface area contributed by atoms with Crippen LogP contribution in [0.15, 0.2) is 30.3 Å². The number of piperidine rings is 1. The van der Waals surface area contributed by atoms with E-state index in [0.717, 1.165) is 12.1 Å². The van der Waals surface area contributed by atoms with Crippen LogP contribution in [0.25, 0.3) is 0 Å². The monoisotopic (exact) mass is 517 g/mol. The molecule has 1 saturated heterocycles. The van der Waals surface area contributed by atoms with Crippen LogP contribution >= 0.6 is 22.6 Å². The number of benzene rings is 2. The number of amides is 2. The van der Waals surface area contributed by atoms with E-state index in [9.17, 15) is 18.4 Å². The molecule has 0 bridgehead atoms. The number of likely N-dealkylation sites (tertiary alicyclic amines) is 1. The van der Waals surface area contributed by atoms with Crippen LogP contribution in [0.4, 0.5) is 25.0 Å². The van der Waals surface area contributed by atoms with Crippen LogP contribution in [0, 0.1) is 15.2 Å². The molecule has 1 aliphatic heterocycles. The van der Waals surface area contributed by atoms with Gasteiger partial charge in [0, 0.05) is 35.6 Å². The van der Waals surface area contributed by atoms with Gasteiger partial charge in [-0.1, -0.05) is 0 Å². The van der Waals surface area contributed by atoms with Gasteiger partial charge < -0.3 is 25.8 Å². The van der Waals surface area contributed by atoms with Crippen molar-refractivity contribution in [2.45, 2.75) is 18.9 Å². The normalized spacial score (nSPS) is 14.5. The molecule has 1 aliphatic rings. The van der Waals surface area contributed by atoms with Crippen LogP contribution in [0.1, 0.15) is 23.2 Å². The number of hydrogen-bond acceptors (Lipinski definition) is 4. The molecule has 0 spiro atoms. The standard InChI is InChI=1S/C19H18F2IN3O4/c20-10-7-15(24-14-2-1-11(22)9-13(14)21)17(18(23)26)16(8-10)29-12-3-5-25(6-4-12)19(27)28/h1-2,7-9,12,24H,3-6H2,(H2,23,26)(H,27,28). The molecule has 0 atom stereocenters. The molecule has 2 aromatic rings. The van der Waals surface area contributed by atoms with Gasteiger partial charge >= 0.3 is 6.09 Å². The van der Waals surface area contributed by atoms with Gasteiger partial charge in [-0.2, -0.15) is 0 Å². The van der Waals surface area contributed by atoms with Gasteiger partial charge in [-0.05, 0) is 46.9 Å². The van der Waals surface area contributed by atoms with Gasteiger partial charge in [0.15, 0.2) is 0 Å². The fraction of sp³-hybridized carbons (Fsp3) is 0.263. The summed E-state index contributed by atoms with van der Waals surface area (Å²) >= 11 is 1.96. The zero-order chi connectivity index (χ0) is 21.1. The van der Waals surface area contributed by atoms with Gasteiger partial charge in [0.05, 0.1) is 11.4 Å². The maximum atomic E-state index is 14.2. The van der Waals surface area contributed by atoms with Gasteiger partial charge in [-0.3, -0.25) is 4.79 Å². The molecule has 0 aliphatic carbocycles. The Balaban J connectivity index is 1.88. The van der Waals surface area contributed by atoms with Crippen molar-refractivity contribution >= 4 is 46.0 Å². The molecule has 4 N–H and O–H groups in total. The first-order chi connectivity index (χ1) is 13.7. The first-order valence-electron chi connectivity index (χ1n) is 8.74. The highest BCUT2D eigenvalue weighted by Gasteiger charge is 2.26. The number of nitrogens with zero attached hydrogens (tertiary/aromatic N) is 1. The van der Waals surface area contributed by atoms with Crippen molar-refractivity contribution in [3.63, 3.8) is 0 Å². The second-order valence-electron chi connectivity index (χ2n) is 6.53. The Labute approximate surface area is 179 Å². The number of nitrogens with one attached hydrogen (secondary N) is 1. The third-order valence-electron chi connectivity index (χ3n) is 4.52. The van der Waals surface area contributed by atoms with Crippen molar-refractivity contribution in [3.05, 3.63) is 51.1 Å². The van der Waals surface area contributed by atoms with Crippen LogP contribution in [-0.4, -0.2) is 41.2 Å². The predicted molar refractivity (Wildman–Crippen MR) is 111 cm³/mol. The van der Waals surface area contributed by atoms with Gasteiger partial charge in [-0.25, -0.2) is 13.6 Å². The molecule has 0 unspecified atom stereocenters. The quantitative estimate of drug-likeness (QED) is 0.522. The fourth-order valence-electron chi connectivity index (χ4n) is 3.11. The highest BCUT2D eigenvalue weighted by atomic mass is 127. The van der Waals surface area contributed by atoms with Gasteiger partial charge in [0.1, 0.15) is 29.1 Å². The summed E-state index contributed by atoms with van der Waals surface area (Å²) in [5.41, 5.74) is 5.42. The molecular weight excluding hydrogens is 499 g/mol. The van der Waals surface area contributed by atoms with Crippen LogP contribution in [0.3, 0.4) is 0 Å². The Morgan fingerprint density at radius 2 is 1.86 bits per heavy atom. The number of rotatable bonds is 5. The zero-order valence-electron chi connectivity index (χ0n) is 15.1. The minimum atomic E-state index is -1.02. The molecule has 1 fully saturated rings. The van der Waals surface area contributed by atoms with E-state index in [1.807, 2.05) is 22.6 Å². The Morgan fingerprint density at radius 3 is 2.45 bits per heavy atom. The second kappa shape index (κ2) is 8.80. The predicted octanol–water partition coefficient (Wildman–Crippen LogP) is 3.93. The number of halogens is 3. The first kappa shape index (κ1) is 21.1. The molecule has 3 rings (SSSR count).